The molecule has 0 saturated carbocycles. The van der Waals surface area contributed by atoms with Crippen molar-refractivity contribution in [2.45, 2.75) is 37.8 Å². The van der Waals surface area contributed by atoms with Crippen molar-refractivity contribution in [2.24, 2.45) is 0 Å². The van der Waals surface area contributed by atoms with Crippen molar-refractivity contribution in [2.75, 3.05) is 30.3 Å². The number of aliphatic hydroxyl groups excluding tert-OH is 1. The summed E-state index contributed by atoms with van der Waals surface area (Å²) < 4.78 is 0. The highest BCUT2D eigenvalue weighted by Gasteiger charge is 2.44. The molecule has 1 unspecified atom stereocenters. The van der Waals surface area contributed by atoms with Crippen LogP contribution in [-0.4, -0.2) is 47.2 Å². The molecule has 0 bridgehead atoms. The second-order valence-corrected chi connectivity index (χ2v) is 6.10. The molecule has 0 aromatic heterocycles. The Balaban J connectivity index is 1.72. The molecule has 1 saturated heterocycles. The van der Waals surface area contributed by atoms with Gasteiger partial charge >= 0.3 is 0 Å². The molecule has 1 amide bonds. The van der Waals surface area contributed by atoms with Gasteiger partial charge in [-0.3, -0.25) is 4.79 Å². The Labute approximate surface area is 125 Å². The van der Waals surface area contributed by atoms with Gasteiger partial charge in [0, 0.05) is 25.7 Å². The number of piperidine rings is 1. The number of carbonyl (C=O) groups is 1. The van der Waals surface area contributed by atoms with Gasteiger partial charge in [0.25, 0.3) is 0 Å². The summed E-state index contributed by atoms with van der Waals surface area (Å²) in [6, 6.07) is 8.21. The lowest BCUT2D eigenvalue weighted by Crippen LogP contribution is -2.59. The van der Waals surface area contributed by atoms with E-state index in [4.69, 9.17) is 5.11 Å². The lowest BCUT2D eigenvalue weighted by molar-refractivity contribution is -0.122. The molecule has 2 aliphatic heterocycles. The van der Waals surface area contributed by atoms with Crippen molar-refractivity contribution in [3.05, 3.63) is 24.3 Å². The van der Waals surface area contributed by atoms with E-state index in [0.717, 1.165) is 43.7 Å². The van der Waals surface area contributed by atoms with Gasteiger partial charge in [-0.05, 0) is 38.3 Å². The van der Waals surface area contributed by atoms with Crippen LogP contribution in [0.3, 0.4) is 0 Å². The number of aliphatic hydroxyl groups is 1. The van der Waals surface area contributed by atoms with Crippen molar-refractivity contribution in [1.82, 2.24) is 4.90 Å². The second kappa shape index (κ2) is 5.66. The number of rotatable bonds is 3. The Hall–Kier alpha value is -1.59. The summed E-state index contributed by atoms with van der Waals surface area (Å²) >= 11 is 0. The third-order valence-corrected chi connectivity index (χ3v) is 4.81. The molecule has 1 atom stereocenters. The topological polar surface area (TPSA) is 64.6 Å². The zero-order chi connectivity index (χ0) is 14.9. The zero-order valence-corrected chi connectivity index (χ0v) is 12.4. The normalized spacial score (nSPS) is 22.3. The van der Waals surface area contributed by atoms with Crippen LogP contribution in [0.15, 0.2) is 24.3 Å². The number of likely N-dealkylation sites (tertiary alicyclic amines) is 1. The predicted octanol–water partition coefficient (Wildman–Crippen LogP) is 1.66. The number of nitrogens with one attached hydrogen (secondary N) is 2. The number of nitrogens with zero attached hydrogens (tertiary/aromatic N) is 1. The molecule has 1 spiro atoms. The van der Waals surface area contributed by atoms with Gasteiger partial charge < -0.3 is 20.6 Å². The number of carbonyl (C=O) groups excluding carboxylic acids is 1. The first-order chi connectivity index (χ1) is 10.1. The van der Waals surface area contributed by atoms with E-state index in [0.29, 0.717) is 6.04 Å². The van der Waals surface area contributed by atoms with Crippen LogP contribution in [0, 0.1) is 0 Å². The van der Waals surface area contributed by atoms with Crippen LogP contribution in [0.2, 0.25) is 0 Å². The third-order valence-electron chi connectivity index (χ3n) is 4.81. The molecule has 114 valence electrons. The number of fused-ring (bicyclic) bond motifs is 1. The maximum Gasteiger partial charge on any atom is 0.250 e. The maximum absolute atomic E-state index is 12.5. The number of hydrogen-bond donors (Lipinski definition) is 3. The number of para-hydroxylation sites is 2. The van der Waals surface area contributed by atoms with Crippen LogP contribution >= 0.6 is 0 Å². The largest absolute Gasteiger partial charge is 0.396 e. The lowest BCUT2D eigenvalue weighted by Gasteiger charge is -2.45. The molecule has 0 aliphatic carbocycles. The molecule has 5 nitrogen and oxygen atoms in total. The van der Waals surface area contributed by atoms with Gasteiger partial charge in [0.1, 0.15) is 5.54 Å². The Bertz CT molecular complexity index is 524. The molecule has 21 heavy (non-hydrogen) atoms. The third kappa shape index (κ3) is 2.63. The molecular weight excluding hydrogens is 266 g/mol. The Kier molecular flexibility index (Phi) is 3.87. The van der Waals surface area contributed by atoms with Crippen LogP contribution in [0.1, 0.15) is 26.2 Å². The Morgan fingerprint density at radius 1 is 1.29 bits per heavy atom. The fourth-order valence-corrected chi connectivity index (χ4v) is 3.33. The monoisotopic (exact) mass is 289 g/mol. The first kappa shape index (κ1) is 14.4. The first-order valence-electron chi connectivity index (χ1n) is 7.68. The average molecular weight is 289 g/mol. The minimum Gasteiger partial charge on any atom is -0.396 e. The van der Waals surface area contributed by atoms with Gasteiger partial charge in [-0.2, -0.15) is 0 Å². The summed E-state index contributed by atoms with van der Waals surface area (Å²) in [6.07, 6.45) is 2.38. The van der Waals surface area contributed by atoms with E-state index in [1.54, 1.807) is 0 Å². The SMILES string of the molecule is CC(CCO)N1CCC2(CC1)Nc1ccccc1NC2=O. The summed E-state index contributed by atoms with van der Waals surface area (Å²) in [7, 11) is 0. The first-order valence-corrected chi connectivity index (χ1v) is 7.68. The van der Waals surface area contributed by atoms with Gasteiger partial charge in [0.05, 0.1) is 11.4 Å². The van der Waals surface area contributed by atoms with Gasteiger partial charge in [-0.1, -0.05) is 12.1 Å². The van der Waals surface area contributed by atoms with Crippen LogP contribution < -0.4 is 10.6 Å². The summed E-state index contributed by atoms with van der Waals surface area (Å²) in [4.78, 5) is 14.9. The Morgan fingerprint density at radius 2 is 1.95 bits per heavy atom. The molecule has 2 heterocycles. The summed E-state index contributed by atoms with van der Waals surface area (Å²) in [5.74, 6) is 0.0793. The van der Waals surface area contributed by atoms with E-state index >= 15 is 0 Å². The van der Waals surface area contributed by atoms with Crippen molar-refractivity contribution in [1.29, 1.82) is 0 Å². The van der Waals surface area contributed by atoms with Crippen LogP contribution in [-0.2, 0) is 4.79 Å². The summed E-state index contributed by atoms with van der Waals surface area (Å²) in [5, 5.41) is 15.6. The van der Waals surface area contributed by atoms with E-state index in [1.807, 2.05) is 24.3 Å². The zero-order valence-electron chi connectivity index (χ0n) is 12.4. The van der Waals surface area contributed by atoms with Crippen molar-refractivity contribution >= 4 is 17.3 Å². The van der Waals surface area contributed by atoms with Crippen molar-refractivity contribution in [3.8, 4) is 0 Å². The number of anilines is 2. The van der Waals surface area contributed by atoms with E-state index < -0.39 is 5.54 Å². The highest BCUT2D eigenvalue weighted by molar-refractivity contribution is 6.06. The molecule has 0 radical (unpaired) electrons. The summed E-state index contributed by atoms with van der Waals surface area (Å²) in [6.45, 7) is 4.11. The maximum atomic E-state index is 12.5. The van der Waals surface area contributed by atoms with Crippen molar-refractivity contribution in [3.63, 3.8) is 0 Å². The van der Waals surface area contributed by atoms with Crippen LogP contribution in [0.4, 0.5) is 11.4 Å². The molecule has 3 rings (SSSR count). The van der Waals surface area contributed by atoms with E-state index in [2.05, 4.69) is 22.5 Å². The van der Waals surface area contributed by atoms with Gasteiger partial charge in [-0.15, -0.1) is 0 Å². The standard InChI is InChI=1S/C16H23N3O2/c1-12(6-11-20)19-9-7-16(8-10-19)15(21)17-13-4-2-3-5-14(13)18-16/h2-5,12,18,20H,6-11H2,1H3,(H,17,21). The molecule has 1 fully saturated rings. The molecule has 1 aromatic carbocycles. The minimum absolute atomic E-state index is 0.0793. The van der Waals surface area contributed by atoms with Crippen LogP contribution in [0.25, 0.3) is 0 Å². The fourth-order valence-electron chi connectivity index (χ4n) is 3.33. The number of hydrogen-bond acceptors (Lipinski definition) is 4. The Morgan fingerprint density at radius 3 is 2.62 bits per heavy atom. The number of benzene rings is 1. The van der Waals surface area contributed by atoms with Crippen LogP contribution in [0.5, 0.6) is 0 Å². The highest BCUT2D eigenvalue weighted by atomic mass is 16.3. The molecule has 5 heteroatoms. The van der Waals surface area contributed by atoms with E-state index in [9.17, 15) is 4.79 Å². The summed E-state index contributed by atoms with van der Waals surface area (Å²) in [5.41, 5.74) is 1.39. The molecule has 3 N–H and O–H groups in total. The highest BCUT2D eigenvalue weighted by Crippen LogP contribution is 2.36. The molecule has 1 aromatic rings. The smallest absolute Gasteiger partial charge is 0.250 e. The minimum atomic E-state index is -0.482. The lowest BCUT2D eigenvalue weighted by atomic mass is 9.84. The van der Waals surface area contributed by atoms with Gasteiger partial charge in [0.2, 0.25) is 5.91 Å². The van der Waals surface area contributed by atoms with E-state index in [-0.39, 0.29) is 12.5 Å². The molecular formula is C16H23N3O2. The fraction of sp³-hybridized carbons (Fsp3) is 0.562. The average Bonchev–Trinajstić information content (AvgIpc) is 2.49. The second-order valence-electron chi connectivity index (χ2n) is 6.10. The molecule has 2 aliphatic rings. The van der Waals surface area contributed by atoms with E-state index in [1.165, 1.54) is 0 Å². The van der Waals surface area contributed by atoms with Gasteiger partial charge in [0.15, 0.2) is 0 Å². The van der Waals surface area contributed by atoms with Crippen molar-refractivity contribution < 1.29 is 9.90 Å². The quantitative estimate of drug-likeness (QED) is 0.792. The number of amides is 1. The van der Waals surface area contributed by atoms with Gasteiger partial charge in [-0.25, -0.2) is 0 Å². The predicted molar refractivity (Wildman–Crippen MR) is 83.4 cm³/mol.